The Balaban J connectivity index is 0.00000338. The quantitative estimate of drug-likeness (QED) is 0.314. The molecule has 1 fully saturated rings. The summed E-state index contributed by atoms with van der Waals surface area (Å²) in [6.07, 6.45) is 4.95. The van der Waals surface area contributed by atoms with Crippen molar-refractivity contribution < 1.29 is 4.74 Å². The Bertz CT molecular complexity index is 515. The summed E-state index contributed by atoms with van der Waals surface area (Å²) in [6.45, 7) is 10.6. The van der Waals surface area contributed by atoms with E-state index < -0.39 is 0 Å². The normalized spacial score (nSPS) is 16.3. The van der Waals surface area contributed by atoms with Gasteiger partial charge in [-0.05, 0) is 19.8 Å². The number of guanidine groups is 1. The van der Waals surface area contributed by atoms with E-state index in [1.165, 1.54) is 0 Å². The number of likely N-dealkylation sites (tertiary alicyclic amines) is 1. The molecule has 0 aliphatic carbocycles. The predicted molar refractivity (Wildman–Crippen MR) is 115 cm³/mol. The van der Waals surface area contributed by atoms with Crippen LogP contribution in [0.2, 0.25) is 0 Å². The molecule has 0 spiro atoms. The summed E-state index contributed by atoms with van der Waals surface area (Å²) in [6, 6.07) is 0.484. The average Bonchev–Trinajstić information content (AvgIpc) is 3.09. The van der Waals surface area contributed by atoms with E-state index in [1.807, 2.05) is 0 Å². The molecule has 1 aromatic rings. The van der Waals surface area contributed by atoms with Gasteiger partial charge in [0.1, 0.15) is 12.2 Å². The number of piperidine rings is 1. The van der Waals surface area contributed by atoms with Crippen LogP contribution in [0.4, 0.5) is 0 Å². The molecule has 0 bridgehead atoms. The smallest absolute Gasteiger partial charge is 0.191 e. The van der Waals surface area contributed by atoms with Gasteiger partial charge in [-0.15, -0.1) is 34.2 Å². The highest BCUT2D eigenvalue weighted by atomic mass is 127. The molecule has 1 aromatic heterocycles. The first-order valence-corrected chi connectivity index (χ1v) is 9.39. The van der Waals surface area contributed by atoms with Crippen molar-refractivity contribution >= 4 is 29.9 Å². The van der Waals surface area contributed by atoms with Gasteiger partial charge >= 0.3 is 0 Å². The minimum atomic E-state index is 0. The van der Waals surface area contributed by atoms with E-state index >= 15 is 0 Å². The molecule has 2 heterocycles. The van der Waals surface area contributed by atoms with Gasteiger partial charge < -0.3 is 24.8 Å². The molecule has 1 aliphatic rings. The van der Waals surface area contributed by atoms with Crippen LogP contribution in [0.3, 0.4) is 0 Å². The summed E-state index contributed by atoms with van der Waals surface area (Å²) in [7, 11) is 1.76. The van der Waals surface area contributed by atoms with E-state index in [0.29, 0.717) is 12.6 Å². The highest BCUT2D eigenvalue weighted by Gasteiger charge is 2.19. The first kappa shape index (κ1) is 23.1. The van der Waals surface area contributed by atoms with Gasteiger partial charge in [0.05, 0.1) is 13.2 Å². The van der Waals surface area contributed by atoms with Crippen LogP contribution in [0.15, 0.2) is 11.3 Å². The van der Waals surface area contributed by atoms with Crippen LogP contribution in [-0.2, 0) is 17.7 Å². The summed E-state index contributed by atoms with van der Waals surface area (Å²) < 4.78 is 7.23. The van der Waals surface area contributed by atoms with Crippen molar-refractivity contribution in [2.24, 2.45) is 4.99 Å². The van der Waals surface area contributed by atoms with Crippen molar-refractivity contribution in [2.45, 2.75) is 45.7 Å². The Kier molecular flexibility index (Phi) is 11.8. The number of rotatable bonds is 9. The third kappa shape index (κ3) is 7.75. The molecule has 9 heteroatoms. The molecule has 0 unspecified atom stereocenters. The largest absolute Gasteiger partial charge is 0.383 e. The summed E-state index contributed by atoms with van der Waals surface area (Å²) in [4.78, 5) is 7.17. The fourth-order valence-corrected chi connectivity index (χ4v) is 3.04. The Labute approximate surface area is 174 Å². The van der Waals surface area contributed by atoms with Crippen molar-refractivity contribution in [2.75, 3.05) is 46.4 Å². The van der Waals surface area contributed by atoms with E-state index in [-0.39, 0.29) is 24.0 Å². The number of aliphatic imine (C=N–C) groups is 1. The van der Waals surface area contributed by atoms with E-state index in [1.54, 1.807) is 13.4 Å². The summed E-state index contributed by atoms with van der Waals surface area (Å²) in [5, 5.41) is 15.0. The maximum atomic E-state index is 5.16. The number of aromatic nitrogens is 3. The Morgan fingerprint density at radius 1 is 1.31 bits per heavy atom. The van der Waals surface area contributed by atoms with Gasteiger partial charge in [-0.25, -0.2) is 0 Å². The lowest BCUT2D eigenvalue weighted by Gasteiger charge is -2.32. The van der Waals surface area contributed by atoms with Crippen molar-refractivity contribution in [3.05, 3.63) is 12.2 Å². The molecule has 1 saturated heterocycles. The fraction of sp³-hybridized carbons (Fsp3) is 0.824. The van der Waals surface area contributed by atoms with E-state index in [2.05, 4.69) is 44.1 Å². The first-order valence-electron chi connectivity index (χ1n) is 9.39. The number of nitrogens with one attached hydrogen (secondary N) is 2. The number of nitrogens with zero attached hydrogens (tertiary/aromatic N) is 5. The first-order chi connectivity index (χ1) is 12.3. The Morgan fingerprint density at radius 3 is 2.73 bits per heavy atom. The summed E-state index contributed by atoms with van der Waals surface area (Å²) in [5.74, 6) is 1.92. The van der Waals surface area contributed by atoms with Gasteiger partial charge in [0.2, 0.25) is 0 Å². The van der Waals surface area contributed by atoms with Crippen molar-refractivity contribution in [3.8, 4) is 0 Å². The third-order valence-electron chi connectivity index (χ3n) is 4.51. The van der Waals surface area contributed by atoms with Crippen LogP contribution >= 0.6 is 24.0 Å². The molecule has 0 saturated carbocycles. The maximum absolute atomic E-state index is 5.16. The third-order valence-corrected chi connectivity index (χ3v) is 4.51. The number of methoxy groups -OCH3 is 1. The summed E-state index contributed by atoms with van der Waals surface area (Å²) in [5.41, 5.74) is 0. The minimum Gasteiger partial charge on any atom is -0.383 e. The lowest BCUT2D eigenvalue weighted by atomic mass is 10.1. The highest BCUT2D eigenvalue weighted by molar-refractivity contribution is 14.0. The van der Waals surface area contributed by atoms with Crippen molar-refractivity contribution in [3.63, 3.8) is 0 Å². The van der Waals surface area contributed by atoms with Crippen molar-refractivity contribution in [1.82, 2.24) is 30.3 Å². The van der Waals surface area contributed by atoms with Crippen LogP contribution < -0.4 is 10.6 Å². The monoisotopic (exact) mass is 479 g/mol. The standard InChI is InChI=1S/C17H33N7O.HI/c1-4-16-22-20-14-24(16)11-8-19-17(18-5-2)21-15-6-9-23(10-7-15)12-13-25-3;/h14-15H,4-13H2,1-3H3,(H2,18,19,21);1H. The van der Waals surface area contributed by atoms with Crippen LogP contribution in [0.5, 0.6) is 0 Å². The zero-order chi connectivity index (χ0) is 17.9. The van der Waals surface area contributed by atoms with Gasteiger partial charge in [-0.1, -0.05) is 6.92 Å². The zero-order valence-electron chi connectivity index (χ0n) is 16.3. The highest BCUT2D eigenvalue weighted by Crippen LogP contribution is 2.09. The molecule has 150 valence electrons. The van der Waals surface area contributed by atoms with Crippen molar-refractivity contribution in [1.29, 1.82) is 0 Å². The number of hydrogen-bond donors (Lipinski definition) is 2. The van der Waals surface area contributed by atoms with Gasteiger partial charge in [0.25, 0.3) is 0 Å². The summed E-state index contributed by atoms with van der Waals surface area (Å²) >= 11 is 0. The second-order valence-electron chi connectivity index (χ2n) is 6.31. The molecule has 8 nitrogen and oxygen atoms in total. The van der Waals surface area contributed by atoms with Crippen LogP contribution in [-0.4, -0.2) is 78.1 Å². The van der Waals surface area contributed by atoms with E-state index in [0.717, 1.165) is 70.4 Å². The number of ether oxygens (including phenoxy) is 1. The van der Waals surface area contributed by atoms with E-state index in [9.17, 15) is 0 Å². The second kappa shape index (κ2) is 13.3. The number of halogens is 1. The second-order valence-corrected chi connectivity index (χ2v) is 6.31. The van der Waals surface area contributed by atoms with Crippen LogP contribution in [0.1, 0.15) is 32.5 Å². The molecule has 2 rings (SSSR count). The lowest BCUT2D eigenvalue weighted by Crippen LogP contribution is -2.49. The Morgan fingerprint density at radius 2 is 2.08 bits per heavy atom. The molecule has 0 radical (unpaired) electrons. The van der Waals surface area contributed by atoms with Crippen LogP contribution in [0, 0.1) is 0 Å². The number of hydrogen-bond acceptors (Lipinski definition) is 5. The zero-order valence-corrected chi connectivity index (χ0v) is 18.6. The average molecular weight is 479 g/mol. The predicted octanol–water partition coefficient (Wildman–Crippen LogP) is 1.12. The fourth-order valence-electron chi connectivity index (χ4n) is 3.04. The van der Waals surface area contributed by atoms with Gasteiger partial charge in [-0.3, -0.25) is 4.99 Å². The molecular formula is C17H34IN7O. The molecule has 0 atom stereocenters. The molecule has 26 heavy (non-hydrogen) atoms. The van der Waals surface area contributed by atoms with Gasteiger partial charge in [0, 0.05) is 52.3 Å². The lowest BCUT2D eigenvalue weighted by molar-refractivity contribution is 0.128. The van der Waals surface area contributed by atoms with Crippen LogP contribution in [0.25, 0.3) is 0 Å². The van der Waals surface area contributed by atoms with Gasteiger partial charge in [0.15, 0.2) is 5.96 Å². The maximum Gasteiger partial charge on any atom is 0.191 e. The number of aryl methyl sites for hydroxylation is 1. The molecular weight excluding hydrogens is 445 g/mol. The molecule has 0 amide bonds. The van der Waals surface area contributed by atoms with E-state index in [4.69, 9.17) is 9.73 Å². The minimum absolute atomic E-state index is 0. The molecule has 1 aliphatic heterocycles. The molecule has 0 aromatic carbocycles. The topological polar surface area (TPSA) is 79.6 Å². The Hall–Kier alpha value is -0.940. The molecule has 2 N–H and O–H groups in total. The van der Waals surface area contributed by atoms with Gasteiger partial charge in [-0.2, -0.15) is 0 Å². The SMILES string of the molecule is CCNC(=NCCn1cnnc1CC)NC1CCN(CCOC)CC1.I.